The summed E-state index contributed by atoms with van der Waals surface area (Å²) in [4.78, 5) is 24.2. The summed E-state index contributed by atoms with van der Waals surface area (Å²) >= 11 is 1.55. The molecule has 0 aliphatic rings. The number of benzene rings is 2. The number of aromatic nitrogens is 2. The molecule has 0 fully saturated rings. The van der Waals surface area contributed by atoms with Gasteiger partial charge in [0, 0.05) is 29.4 Å². The van der Waals surface area contributed by atoms with Crippen LogP contribution in [0.4, 0.5) is 11.4 Å². The lowest BCUT2D eigenvalue weighted by atomic mass is 10.3. The van der Waals surface area contributed by atoms with Crippen molar-refractivity contribution in [3.63, 3.8) is 0 Å². The van der Waals surface area contributed by atoms with E-state index in [1.54, 1.807) is 18.0 Å². The van der Waals surface area contributed by atoms with E-state index in [1.165, 1.54) is 12.1 Å². The van der Waals surface area contributed by atoms with Gasteiger partial charge in [-0.05, 0) is 48.3 Å². The molecule has 3 aromatic rings. The molecule has 0 spiro atoms. The second-order valence-electron chi connectivity index (χ2n) is 5.21. The molecule has 0 bridgehead atoms. The van der Waals surface area contributed by atoms with Crippen molar-refractivity contribution in [2.75, 3.05) is 16.7 Å². The molecule has 25 heavy (non-hydrogen) atoms. The van der Waals surface area contributed by atoms with Gasteiger partial charge in [0.15, 0.2) is 0 Å². The van der Waals surface area contributed by atoms with Gasteiger partial charge in [-0.1, -0.05) is 24.3 Å². The van der Waals surface area contributed by atoms with Gasteiger partial charge in [0.05, 0.1) is 0 Å². The number of carbonyl (C=O) groups excluding carboxylic acids is 1. The SMILES string of the molecule is CN(Sc1cccc(NC(=O)c2ccc(=O)[nH]n2)c1)c1ccccc1. The minimum Gasteiger partial charge on any atom is -0.321 e. The molecule has 7 heteroatoms. The normalized spacial score (nSPS) is 10.3. The third kappa shape index (κ3) is 4.48. The fourth-order valence-electron chi connectivity index (χ4n) is 2.15. The van der Waals surface area contributed by atoms with E-state index in [4.69, 9.17) is 0 Å². The molecule has 1 amide bonds. The molecule has 1 heterocycles. The number of amides is 1. The van der Waals surface area contributed by atoms with Crippen molar-refractivity contribution in [2.45, 2.75) is 4.90 Å². The van der Waals surface area contributed by atoms with Crippen LogP contribution in [0.1, 0.15) is 10.5 Å². The molecular formula is C18H16N4O2S. The fourth-order valence-corrected chi connectivity index (χ4v) is 3.01. The molecule has 2 N–H and O–H groups in total. The van der Waals surface area contributed by atoms with Crippen LogP contribution < -0.4 is 15.2 Å². The summed E-state index contributed by atoms with van der Waals surface area (Å²) in [6.45, 7) is 0. The third-order valence-electron chi connectivity index (χ3n) is 3.37. The first-order valence-corrected chi connectivity index (χ1v) is 8.33. The largest absolute Gasteiger partial charge is 0.321 e. The predicted octanol–water partition coefficient (Wildman–Crippen LogP) is 3.17. The van der Waals surface area contributed by atoms with Crippen LogP contribution in [-0.4, -0.2) is 23.2 Å². The zero-order valence-electron chi connectivity index (χ0n) is 13.5. The van der Waals surface area contributed by atoms with Gasteiger partial charge in [-0.15, -0.1) is 0 Å². The Bertz CT molecular complexity index is 907. The summed E-state index contributed by atoms with van der Waals surface area (Å²) in [7, 11) is 1.98. The van der Waals surface area contributed by atoms with E-state index in [2.05, 4.69) is 15.5 Å². The summed E-state index contributed by atoms with van der Waals surface area (Å²) in [5.74, 6) is -0.380. The second-order valence-corrected chi connectivity index (χ2v) is 6.41. The van der Waals surface area contributed by atoms with Gasteiger partial charge in [0.2, 0.25) is 0 Å². The van der Waals surface area contributed by atoms with E-state index in [0.29, 0.717) is 5.69 Å². The van der Waals surface area contributed by atoms with Crippen molar-refractivity contribution in [3.05, 3.63) is 82.8 Å². The summed E-state index contributed by atoms with van der Waals surface area (Å²) < 4.78 is 2.05. The van der Waals surface area contributed by atoms with Gasteiger partial charge in [0.1, 0.15) is 5.69 Å². The maximum Gasteiger partial charge on any atom is 0.276 e. The molecule has 0 atom stereocenters. The Kier molecular flexibility index (Phi) is 5.15. The van der Waals surface area contributed by atoms with Crippen LogP contribution in [0.2, 0.25) is 0 Å². The molecule has 0 saturated heterocycles. The van der Waals surface area contributed by atoms with Gasteiger partial charge in [-0.2, -0.15) is 5.10 Å². The Hall–Kier alpha value is -3.06. The molecule has 3 rings (SSSR count). The highest BCUT2D eigenvalue weighted by molar-refractivity contribution is 8.00. The van der Waals surface area contributed by atoms with Crippen LogP contribution in [0.5, 0.6) is 0 Å². The van der Waals surface area contributed by atoms with Crippen molar-refractivity contribution in [1.82, 2.24) is 10.2 Å². The zero-order valence-corrected chi connectivity index (χ0v) is 14.3. The minimum absolute atomic E-state index is 0.152. The van der Waals surface area contributed by atoms with Crippen LogP contribution in [0, 0.1) is 0 Å². The zero-order chi connectivity index (χ0) is 17.6. The Labute approximate surface area is 149 Å². The first-order valence-electron chi connectivity index (χ1n) is 7.56. The quantitative estimate of drug-likeness (QED) is 0.690. The fraction of sp³-hybridized carbons (Fsp3) is 0.0556. The Balaban J connectivity index is 1.70. The predicted molar refractivity (Wildman–Crippen MR) is 100.0 cm³/mol. The van der Waals surface area contributed by atoms with Gasteiger partial charge in [0.25, 0.3) is 11.5 Å². The molecule has 1 aromatic heterocycles. The van der Waals surface area contributed by atoms with E-state index in [0.717, 1.165) is 10.6 Å². The van der Waals surface area contributed by atoms with Crippen LogP contribution >= 0.6 is 11.9 Å². The van der Waals surface area contributed by atoms with Crippen molar-refractivity contribution in [3.8, 4) is 0 Å². The van der Waals surface area contributed by atoms with E-state index in [-0.39, 0.29) is 17.2 Å². The lowest BCUT2D eigenvalue weighted by Crippen LogP contribution is -2.17. The first-order chi connectivity index (χ1) is 12.1. The smallest absolute Gasteiger partial charge is 0.276 e. The van der Waals surface area contributed by atoms with Crippen LogP contribution in [0.25, 0.3) is 0 Å². The molecule has 0 saturated carbocycles. The van der Waals surface area contributed by atoms with Gasteiger partial charge in [-0.25, -0.2) is 5.10 Å². The third-order valence-corrected chi connectivity index (χ3v) is 4.32. The highest BCUT2D eigenvalue weighted by Crippen LogP contribution is 2.28. The minimum atomic E-state index is -0.380. The lowest BCUT2D eigenvalue weighted by Gasteiger charge is -2.18. The molecule has 0 aliphatic carbocycles. The summed E-state index contributed by atoms with van der Waals surface area (Å²) in [6.07, 6.45) is 0. The average Bonchev–Trinajstić information content (AvgIpc) is 2.63. The molecule has 0 radical (unpaired) electrons. The Morgan fingerprint density at radius 3 is 2.60 bits per heavy atom. The number of para-hydroxylation sites is 1. The van der Waals surface area contributed by atoms with Crippen LogP contribution in [0.15, 0.2) is 76.4 Å². The summed E-state index contributed by atoms with van der Waals surface area (Å²) in [5, 5.41) is 8.74. The van der Waals surface area contributed by atoms with E-state index in [1.807, 2.05) is 59.9 Å². The summed E-state index contributed by atoms with van der Waals surface area (Å²) in [6, 6.07) is 20.2. The maximum atomic E-state index is 12.2. The van der Waals surface area contributed by atoms with E-state index >= 15 is 0 Å². The number of H-pyrrole nitrogens is 1. The second kappa shape index (κ2) is 7.67. The molecule has 0 unspecified atom stereocenters. The lowest BCUT2D eigenvalue weighted by molar-refractivity contribution is 0.102. The summed E-state index contributed by atoms with van der Waals surface area (Å²) in [5.41, 5.74) is 1.54. The van der Waals surface area contributed by atoms with E-state index < -0.39 is 0 Å². The number of nitrogens with one attached hydrogen (secondary N) is 2. The number of carbonyl (C=O) groups is 1. The molecule has 0 aliphatic heterocycles. The number of nitrogens with zero attached hydrogens (tertiary/aromatic N) is 2. The number of hydrogen-bond acceptors (Lipinski definition) is 5. The average molecular weight is 352 g/mol. The van der Waals surface area contributed by atoms with Crippen molar-refractivity contribution >= 4 is 29.2 Å². The number of anilines is 2. The highest BCUT2D eigenvalue weighted by Gasteiger charge is 2.09. The molecule has 126 valence electrons. The molecule has 2 aromatic carbocycles. The Morgan fingerprint density at radius 2 is 1.88 bits per heavy atom. The van der Waals surface area contributed by atoms with Crippen LogP contribution in [0.3, 0.4) is 0 Å². The number of rotatable bonds is 5. The van der Waals surface area contributed by atoms with Crippen molar-refractivity contribution in [1.29, 1.82) is 0 Å². The molecule has 6 nitrogen and oxygen atoms in total. The van der Waals surface area contributed by atoms with Crippen molar-refractivity contribution < 1.29 is 4.79 Å². The highest BCUT2D eigenvalue weighted by atomic mass is 32.2. The van der Waals surface area contributed by atoms with E-state index in [9.17, 15) is 9.59 Å². The standard InChI is InChI=1S/C18H16N4O2S/c1-22(14-7-3-2-4-8-14)25-15-9-5-6-13(12-15)19-18(24)16-10-11-17(23)21-20-16/h2-12H,1H3,(H,19,24)(H,21,23). The monoisotopic (exact) mass is 352 g/mol. The molecular weight excluding hydrogens is 336 g/mol. The van der Waals surface area contributed by atoms with Gasteiger partial charge in [-0.3, -0.25) is 9.59 Å². The van der Waals surface area contributed by atoms with Crippen LogP contribution in [-0.2, 0) is 0 Å². The maximum absolute atomic E-state index is 12.2. The topological polar surface area (TPSA) is 78.1 Å². The number of hydrogen-bond donors (Lipinski definition) is 2. The van der Waals surface area contributed by atoms with Crippen molar-refractivity contribution in [2.24, 2.45) is 0 Å². The first kappa shape index (κ1) is 16.8. The Morgan fingerprint density at radius 1 is 1.08 bits per heavy atom. The number of aromatic amines is 1. The van der Waals surface area contributed by atoms with Gasteiger partial charge >= 0.3 is 0 Å². The van der Waals surface area contributed by atoms with Gasteiger partial charge < -0.3 is 9.62 Å².